The minimum absolute atomic E-state index is 0.252. The normalized spacial score (nSPS) is 10.8. The van der Waals surface area contributed by atoms with Gasteiger partial charge in [0, 0.05) is 45.9 Å². The van der Waals surface area contributed by atoms with E-state index in [2.05, 4.69) is 21.2 Å². The van der Waals surface area contributed by atoms with Crippen molar-refractivity contribution in [3.05, 3.63) is 56.0 Å². The van der Waals surface area contributed by atoms with E-state index in [0.717, 1.165) is 35.2 Å². The van der Waals surface area contributed by atoms with Gasteiger partial charge in [0.25, 0.3) is 0 Å². The molecule has 0 radical (unpaired) electrons. The van der Waals surface area contributed by atoms with Gasteiger partial charge in [0.2, 0.25) is 0 Å². The van der Waals surface area contributed by atoms with E-state index in [1.54, 1.807) is 26.4 Å². The van der Waals surface area contributed by atoms with Crippen molar-refractivity contribution < 1.29 is 14.2 Å². The van der Waals surface area contributed by atoms with Gasteiger partial charge in [-0.3, -0.25) is 0 Å². The molecule has 142 valence electrons. The first-order valence-corrected chi connectivity index (χ1v) is 9.74. The van der Waals surface area contributed by atoms with Crippen LogP contribution >= 0.6 is 39.1 Å². The number of rotatable bonds is 10. The average molecular weight is 463 g/mol. The summed E-state index contributed by atoms with van der Waals surface area (Å²) in [6, 6.07) is 9.21. The van der Waals surface area contributed by atoms with E-state index >= 15 is 0 Å². The van der Waals surface area contributed by atoms with Gasteiger partial charge in [-0.2, -0.15) is 0 Å². The maximum atomic E-state index is 6.24. The molecule has 0 bridgehead atoms. The molecule has 0 fully saturated rings. The third kappa shape index (κ3) is 5.76. The maximum absolute atomic E-state index is 6.24. The van der Waals surface area contributed by atoms with Crippen LogP contribution in [0.1, 0.15) is 17.5 Å². The molecule has 0 aromatic heterocycles. The molecule has 0 spiro atoms. The van der Waals surface area contributed by atoms with E-state index in [9.17, 15) is 0 Å². The van der Waals surface area contributed by atoms with Crippen molar-refractivity contribution in [3.63, 3.8) is 0 Å². The van der Waals surface area contributed by atoms with Gasteiger partial charge in [-0.05, 0) is 37.2 Å². The molecule has 0 aliphatic carbocycles. The monoisotopic (exact) mass is 461 g/mol. The van der Waals surface area contributed by atoms with Crippen molar-refractivity contribution in [2.24, 2.45) is 0 Å². The Balaban J connectivity index is 2.18. The summed E-state index contributed by atoms with van der Waals surface area (Å²) in [5, 5.41) is 4.54. The van der Waals surface area contributed by atoms with Crippen LogP contribution in [0.5, 0.6) is 11.5 Å². The number of halogens is 3. The first kappa shape index (κ1) is 21.3. The first-order valence-electron chi connectivity index (χ1n) is 8.19. The highest BCUT2D eigenvalue weighted by atomic mass is 79.9. The summed E-state index contributed by atoms with van der Waals surface area (Å²) < 4.78 is 17.6. The van der Waals surface area contributed by atoms with Crippen LogP contribution in [0.25, 0.3) is 0 Å². The minimum atomic E-state index is 0.252. The van der Waals surface area contributed by atoms with Gasteiger partial charge in [0.05, 0.1) is 7.11 Å². The molecule has 2 aromatic carbocycles. The first-order chi connectivity index (χ1) is 12.6. The lowest BCUT2D eigenvalue weighted by Gasteiger charge is -2.18. The number of methoxy groups -OCH3 is 2. The van der Waals surface area contributed by atoms with E-state index in [1.807, 2.05) is 18.2 Å². The van der Waals surface area contributed by atoms with Crippen LogP contribution in [-0.2, 0) is 17.9 Å². The molecule has 2 rings (SSSR count). The Morgan fingerprint density at radius 2 is 1.77 bits per heavy atom. The molecule has 7 heteroatoms. The highest BCUT2D eigenvalue weighted by Crippen LogP contribution is 2.37. The van der Waals surface area contributed by atoms with E-state index in [1.165, 1.54) is 0 Å². The number of hydrogen-bond acceptors (Lipinski definition) is 4. The second-order valence-electron chi connectivity index (χ2n) is 5.57. The molecule has 0 saturated heterocycles. The second kappa shape index (κ2) is 11.0. The molecule has 0 aliphatic heterocycles. The van der Waals surface area contributed by atoms with Crippen molar-refractivity contribution in [2.45, 2.75) is 19.6 Å². The van der Waals surface area contributed by atoms with Gasteiger partial charge in [0.15, 0.2) is 11.5 Å². The van der Waals surface area contributed by atoms with Crippen molar-refractivity contribution in [3.8, 4) is 11.5 Å². The van der Waals surface area contributed by atoms with E-state index in [0.29, 0.717) is 28.1 Å². The molecule has 2 aromatic rings. The molecule has 1 N–H and O–H groups in total. The summed E-state index contributed by atoms with van der Waals surface area (Å²) in [5.74, 6) is 1.32. The van der Waals surface area contributed by atoms with Crippen molar-refractivity contribution in [1.82, 2.24) is 5.32 Å². The Hall–Kier alpha value is -0.980. The van der Waals surface area contributed by atoms with Crippen LogP contribution < -0.4 is 14.8 Å². The summed E-state index contributed by atoms with van der Waals surface area (Å²) in [6.45, 7) is 2.45. The number of benzene rings is 2. The zero-order chi connectivity index (χ0) is 18.9. The molecule has 0 unspecified atom stereocenters. The predicted octanol–water partition coefficient (Wildman–Crippen LogP) is 5.47. The van der Waals surface area contributed by atoms with E-state index in [4.69, 9.17) is 37.4 Å². The quantitative estimate of drug-likeness (QED) is 0.475. The third-order valence-electron chi connectivity index (χ3n) is 3.81. The van der Waals surface area contributed by atoms with Gasteiger partial charge < -0.3 is 19.5 Å². The molecule has 26 heavy (non-hydrogen) atoms. The molecule has 0 amide bonds. The zero-order valence-corrected chi connectivity index (χ0v) is 17.9. The van der Waals surface area contributed by atoms with Gasteiger partial charge >= 0.3 is 0 Å². The lowest BCUT2D eigenvalue weighted by molar-refractivity contribution is 0.194. The molecule has 0 aliphatic rings. The fourth-order valence-electron chi connectivity index (χ4n) is 2.44. The zero-order valence-electron chi connectivity index (χ0n) is 14.8. The lowest BCUT2D eigenvalue weighted by Crippen LogP contribution is -2.17. The Bertz CT molecular complexity index is 708. The number of nitrogens with one attached hydrogen (secondary N) is 1. The van der Waals surface area contributed by atoms with Crippen molar-refractivity contribution >= 4 is 39.1 Å². The maximum Gasteiger partial charge on any atom is 0.167 e. The molecular formula is C19H22BrCl2NO3. The Morgan fingerprint density at radius 1 is 1.04 bits per heavy atom. The molecule has 0 heterocycles. The van der Waals surface area contributed by atoms with Crippen LogP contribution in [0.2, 0.25) is 10.0 Å². The highest BCUT2D eigenvalue weighted by Gasteiger charge is 2.16. The fourth-order valence-corrected chi connectivity index (χ4v) is 3.39. The highest BCUT2D eigenvalue weighted by molar-refractivity contribution is 9.10. The topological polar surface area (TPSA) is 39.7 Å². The largest absolute Gasteiger partial charge is 0.493 e. The number of ether oxygens (including phenoxy) is 3. The van der Waals surface area contributed by atoms with Crippen LogP contribution in [-0.4, -0.2) is 27.4 Å². The summed E-state index contributed by atoms with van der Waals surface area (Å²) in [7, 11) is 3.32. The van der Waals surface area contributed by atoms with Gasteiger partial charge in [-0.15, -0.1) is 0 Å². The summed E-state index contributed by atoms with van der Waals surface area (Å²) >= 11 is 16.1. The standard InChI is InChI=1S/C19H22BrCl2NO3/c1-24-10-4-9-23-11-13-15(20)7-8-18(25-2)19(13)26-12-14-16(21)5-3-6-17(14)22/h3,5-8,23H,4,9-12H2,1-2H3. The van der Waals surface area contributed by atoms with Crippen LogP contribution in [0.4, 0.5) is 0 Å². The van der Waals surface area contributed by atoms with Crippen LogP contribution in [0.3, 0.4) is 0 Å². The third-order valence-corrected chi connectivity index (χ3v) is 5.26. The molecule has 4 nitrogen and oxygen atoms in total. The predicted molar refractivity (Wildman–Crippen MR) is 110 cm³/mol. The molecule has 0 saturated carbocycles. The van der Waals surface area contributed by atoms with Crippen LogP contribution in [0.15, 0.2) is 34.8 Å². The van der Waals surface area contributed by atoms with E-state index < -0.39 is 0 Å². The van der Waals surface area contributed by atoms with Crippen LogP contribution in [0, 0.1) is 0 Å². The molecule has 0 atom stereocenters. The minimum Gasteiger partial charge on any atom is -0.493 e. The van der Waals surface area contributed by atoms with E-state index in [-0.39, 0.29) is 6.61 Å². The fraction of sp³-hybridized carbons (Fsp3) is 0.368. The Kier molecular flexibility index (Phi) is 9.02. The second-order valence-corrected chi connectivity index (χ2v) is 7.24. The smallest absolute Gasteiger partial charge is 0.167 e. The Morgan fingerprint density at radius 3 is 2.42 bits per heavy atom. The summed E-state index contributed by atoms with van der Waals surface area (Å²) in [6.07, 6.45) is 0.934. The van der Waals surface area contributed by atoms with Gasteiger partial charge in [0.1, 0.15) is 6.61 Å². The van der Waals surface area contributed by atoms with Crippen molar-refractivity contribution in [2.75, 3.05) is 27.4 Å². The van der Waals surface area contributed by atoms with Gasteiger partial charge in [-0.1, -0.05) is 45.2 Å². The molecular weight excluding hydrogens is 441 g/mol. The Labute approximate surface area is 172 Å². The summed E-state index contributed by atoms with van der Waals surface area (Å²) in [5.41, 5.74) is 1.72. The van der Waals surface area contributed by atoms with Gasteiger partial charge in [-0.25, -0.2) is 0 Å². The SMILES string of the molecule is COCCCNCc1c(Br)ccc(OC)c1OCc1c(Cl)cccc1Cl. The summed E-state index contributed by atoms with van der Waals surface area (Å²) in [4.78, 5) is 0. The average Bonchev–Trinajstić information content (AvgIpc) is 2.63. The lowest BCUT2D eigenvalue weighted by atomic mass is 10.1. The van der Waals surface area contributed by atoms with Crippen molar-refractivity contribution in [1.29, 1.82) is 0 Å². The number of hydrogen-bond donors (Lipinski definition) is 1.